The number of hydrogen-bond donors (Lipinski definition) is 2. The lowest BCUT2D eigenvalue weighted by Crippen LogP contribution is -2.31. The van der Waals surface area contributed by atoms with Crippen molar-refractivity contribution in [2.45, 2.75) is 26.8 Å². The molecule has 0 fully saturated rings. The van der Waals surface area contributed by atoms with Crippen LogP contribution in [-0.4, -0.2) is 42.0 Å². The number of aliphatic imine (C=N–C) groups is 1. The van der Waals surface area contributed by atoms with Gasteiger partial charge >= 0.3 is 0 Å². The van der Waals surface area contributed by atoms with Crippen molar-refractivity contribution in [1.82, 2.24) is 15.1 Å². The molecule has 7 nitrogen and oxygen atoms in total. The van der Waals surface area contributed by atoms with E-state index >= 15 is 0 Å². The fraction of sp³-hybridized carbons (Fsp3) is 0.444. The first kappa shape index (κ1) is 20.3. The van der Waals surface area contributed by atoms with E-state index in [9.17, 15) is 0 Å². The quantitative estimate of drug-likeness (QED) is 0.399. The highest BCUT2D eigenvalue weighted by Crippen LogP contribution is 2.32. The average Bonchev–Trinajstić information content (AvgIpc) is 2.88. The van der Waals surface area contributed by atoms with E-state index in [-0.39, 0.29) is 24.0 Å². The number of fused-ring (bicyclic) bond motifs is 1. The standard InChI is InChI=1S/C18H25N5O2.HI/c1-3-19-18(20-7-8-23-13-14(2)12-21-23)22-15-5-6-16-17(11-15)25-10-4-9-24-16;/h5-6,11-13H,3-4,7-10H2,1-2H3,(H2,19,20,22);1H. The molecule has 2 aromatic rings. The Morgan fingerprint density at radius 1 is 1.27 bits per heavy atom. The molecule has 0 amide bonds. The van der Waals surface area contributed by atoms with Crippen LogP contribution >= 0.6 is 24.0 Å². The zero-order valence-electron chi connectivity index (χ0n) is 15.2. The molecule has 0 bridgehead atoms. The first-order valence-corrected chi connectivity index (χ1v) is 8.68. The average molecular weight is 471 g/mol. The summed E-state index contributed by atoms with van der Waals surface area (Å²) in [7, 11) is 0. The van der Waals surface area contributed by atoms with Gasteiger partial charge in [-0.2, -0.15) is 5.10 Å². The maximum Gasteiger partial charge on any atom is 0.195 e. The van der Waals surface area contributed by atoms with E-state index in [4.69, 9.17) is 9.47 Å². The maximum absolute atomic E-state index is 5.74. The lowest BCUT2D eigenvalue weighted by atomic mass is 10.3. The highest BCUT2D eigenvalue weighted by atomic mass is 127. The normalized spacial score (nSPS) is 13.5. The maximum atomic E-state index is 5.74. The Morgan fingerprint density at radius 3 is 2.81 bits per heavy atom. The molecule has 0 atom stereocenters. The third-order valence-electron chi connectivity index (χ3n) is 3.72. The molecule has 0 unspecified atom stereocenters. The number of benzene rings is 1. The predicted molar refractivity (Wildman–Crippen MR) is 114 cm³/mol. The van der Waals surface area contributed by atoms with Gasteiger partial charge in [-0.1, -0.05) is 0 Å². The molecule has 1 aromatic carbocycles. The summed E-state index contributed by atoms with van der Waals surface area (Å²) in [5.74, 6) is 2.30. The van der Waals surface area contributed by atoms with Crippen LogP contribution in [0, 0.1) is 6.92 Å². The molecule has 26 heavy (non-hydrogen) atoms. The van der Waals surface area contributed by atoms with Crippen LogP contribution in [0.25, 0.3) is 0 Å². The molecule has 1 aliphatic heterocycles. The zero-order valence-corrected chi connectivity index (χ0v) is 17.5. The van der Waals surface area contributed by atoms with Gasteiger partial charge in [0.1, 0.15) is 0 Å². The Morgan fingerprint density at radius 2 is 2.08 bits per heavy atom. The molecule has 142 valence electrons. The molecule has 3 rings (SSSR count). The number of aryl methyl sites for hydroxylation is 1. The summed E-state index contributed by atoms with van der Waals surface area (Å²) in [5.41, 5.74) is 2.07. The number of aromatic nitrogens is 2. The Hall–Kier alpha value is -1.97. The van der Waals surface area contributed by atoms with Crippen LogP contribution in [0.5, 0.6) is 11.5 Å². The van der Waals surface area contributed by atoms with Gasteiger partial charge in [0.25, 0.3) is 0 Å². The van der Waals surface area contributed by atoms with E-state index in [0.717, 1.165) is 48.2 Å². The molecular formula is C18H26IN5O2. The van der Waals surface area contributed by atoms with Gasteiger partial charge in [-0.05, 0) is 31.5 Å². The minimum atomic E-state index is 0. The number of hydrogen-bond acceptors (Lipinski definition) is 4. The second-order valence-corrected chi connectivity index (χ2v) is 5.88. The van der Waals surface area contributed by atoms with Crippen LogP contribution in [0.2, 0.25) is 0 Å². The van der Waals surface area contributed by atoms with Gasteiger partial charge in [0.05, 0.1) is 32.5 Å². The number of halogens is 1. The van der Waals surface area contributed by atoms with E-state index in [1.54, 1.807) is 0 Å². The van der Waals surface area contributed by atoms with Crippen molar-refractivity contribution in [2.75, 3.05) is 31.6 Å². The number of guanidine groups is 1. The smallest absolute Gasteiger partial charge is 0.195 e. The Kier molecular flexibility index (Phi) is 8.02. The van der Waals surface area contributed by atoms with Gasteiger partial charge in [-0.25, -0.2) is 0 Å². The fourth-order valence-corrected chi connectivity index (χ4v) is 2.54. The minimum absolute atomic E-state index is 0. The third-order valence-corrected chi connectivity index (χ3v) is 3.72. The topological polar surface area (TPSA) is 72.7 Å². The zero-order chi connectivity index (χ0) is 17.5. The van der Waals surface area contributed by atoms with Crippen LogP contribution in [0.15, 0.2) is 35.6 Å². The van der Waals surface area contributed by atoms with Gasteiger partial charge in [0.2, 0.25) is 0 Å². The molecule has 0 saturated carbocycles. The fourth-order valence-electron chi connectivity index (χ4n) is 2.54. The summed E-state index contributed by atoms with van der Waals surface area (Å²) in [6.45, 7) is 7.61. The second kappa shape index (κ2) is 10.2. The molecule has 8 heteroatoms. The molecule has 0 spiro atoms. The number of ether oxygens (including phenoxy) is 2. The summed E-state index contributed by atoms with van der Waals surface area (Å²) in [5, 5.41) is 10.8. The molecule has 0 aliphatic carbocycles. The number of nitrogens with one attached hydrogen (secondary N) is 2. The van der Waals surface area contributed by atoms with Crippen molar-refractivity contribution in [2.24, 2.45) is 4.99 Å². The predicted octanol–water partition coefficient (Wildman–Crippen LogP) is 3.05. The second-order valence-electron chi connectivity index (χ2n) is 5.88. The van der Waals surface area contributed by atoms with Crippen LogP contribution in [0.3, 0.4) is 0 Å². The SMILES string of the molecule is CCNC(=NCCn1cc(C)cn1)Nc1ccc2c(c1)OCCCO2.I. The lowest BCUT2D eigenvalue weighted by Gasteiger charge is -2.13. The molecule has 0 saturated heterocycles. The van der Waals surface area contributed by atoms with Crippen LogP contribution in [0.4, 0.5) is 5.69 Å². The summed E-state index contributed by atoms with van der Waals surface area (Å²) < 4.78 is 13.3. The highest BCUT2D eigenvalue weighted by Gasteiger charge is 2.11. The van der Waals surface area contributed by atoms with Crippen molar-refractivity contribution in [3.05, 3.63) is 36.2 Å². The number of rotatable bonds is 5. The Bertz CT molecular complexity index is 732. The van der Waals surface area contributed by atoms with Crippen LogP contribution in [-0.2, 0) is 6.54 Å². The largest absolute Gasteiger partial charge is 0.490 e. The van der Waals surface area contributed by atoms with Crippen molar-refractivity contribution >= 4 is 35.6 Å². The summed E-state index contributed by atoms with van der Waals surface area (Å²) >= 11 is 0. The minimum Gasteiger partial charge on any atom is -0.490 e. The molecule has 2 heterocycles. The van der Waals surface area contributed by atoms with Gasteiger partial charge < -0.3 is 20.1 Å². The third kappa shape index (κ3) is 5.79. The first-order chi connectivity index (χ1) is 12.2. The number of anilines is 1. The number of nitrogens with zero attached hydrogens (tertiary/aromatic N) is 3. The molecule has 0 radical (unpaired) electrons. The van der Waals surface area contributed by atoms with Gasteiger partial charge in [0, 0.05) is 30.9 Å². The first-order valence-electron chi connectivity index (χ1n) is 8.68. The van der Waals surface area contributed by atoms with Crippen molar-refractivity contribution in [3.63, 3.8) is 0 Å². The Labute approximate surface area is 171 Å². The van der Waals surface area contributed by atoms with E-state index in [1.807, 2.05) is 49.1 Å². The molecule has 1 aromatic heterocycles. The summed E-state index contributed by atoms with van der Waals surface area (Å²) in [4.78, 5) is 4.61. The lowest BCUT2D eigenvalue weighted by molar-refractivity contribution is 0.297. The molecule has 2 N–H and O–H groups in total. The van der Waals surface area contributed by atoms with E-state index in [2.05, 4.69) is 20.7 Å². The van der Waals surface area contributed by atoms with Crippen molar-refractivity contribution in [1.29, 1.82) is 0 Å². The highest BCUT2D eigenvalue weighted by molar-refractivity contribution is 14.0. The Balaban J connectivity index is 0.00000243. The van der Waals surface area contributed by atoms with Crippen LogP contribution < -0.4 is 20.1 Å². The molecular weight excluding hydrogens is 445 g/mol. The summed E-state index contributed by atoms with van der Waals surface area (Å²) in [6, 6.07) is 5.85. The van der Waals surface area contributed by atoms with Crippen LogP contribution in [0.1, 0.15) is 18.9 Å². The van der Waals surface area contributed by atoms with Gasteiger partial charge in [0.15, 0.2) is 17.5 Å². The van der Waals surface area contributed by atoms with Crippen molar-refractivity contribution in [3.8, 4) is 11.5 Å². The van der Waals surface area contributed by atoms with E-state index in [1.165, 1.54) is 0 Å². The monoisotopic (exact) mass is 471 g/mol. The van der Waals surface area contributed by atoms with E-state index < -0.39 is 0 Å². The van der Waals surface area contributed by atoms with Gasteiger partial charge in [-0.3, -0.25) is 9.67 Å². The summed E-state index contributed by atoms with van der Waals surface area (Å²) in [6.07, 6.45) is 4.76. The van der Waals surface area contributed by atoms with E-state index in [0.29, 0.717) is 19.8 Å². The van der Waals surface area contributed by atoms with Crippen molar-refractivity contribution < 1.29 is 9.47 Å². The molecule has 1 aliphatic rings. The van der Waals surface area contributed by atoms with Gasteiger partial charge in [-0.15, -0.1) is 24.0 Å².